The standard InChI is InChI=1S/C10H9FN4O4S/c1-15-13-9(12-14-15)5-20(18,19)8-4-6(10(16)17)2-3-7(8)11/h2-4H,5H2,1H3,(H,16,17). The molecule has 0 atom stereocenters. The molecule has 1 aromatic carbocycles. The van der Waals surface area contributed by atoms with Crippen molar-refractivity contribution in [1.82, 2.24) is 20.2 Å². The molecule has 10 heteroatoms. The van der Waals surface area contributed by atoms with Crippen LogP contribution in [-0.2, 0) is 22.6 Å². The second-order valence-corrected chi connectivity index (χ2v) is 5.86. The van der Waals surface area contributed by atoms with E-state index >= 15 is 0 Å². The van der Waals surface area contributed by atoms with Gasteiger partial charge in [0.25, 0.3) is 0 Å². The van der Waals surface area contributed by atoms with E-state index in [0.717, 1.165) is 23.0 Å². The quantitative estimate of drug-likeness (QED) is 0.846. The lowest BCUT2D eigenvalue weighted by atomic mass is 10.2. The molecular formula is C10H9FN4O4S. The number of rotatable bonds is 4. The molecule has 1 heterocycles. The van der Waals surface area contributed by atoms with Gasteiger partial charge in [-0.2, -0.15) is 4.80 Å². The van der Waals surface area contributed by atoms with Crippen LogP contribution in [0.25, 0.3) is 0 Å². The molecule has 106 valence electrons. The largest absolute Gasteiger partial charge is 0.478 e. The summed E-state index contributed by atoms with van der Waals surface area (Å²) in [6.07, 6.45) is 0. The van der Waals surface area contributed by atoms with Crippen molar-refractivity contribution in [2.45, 2.75) is 10.6 Å². The predicted molar refractivity (Wildman–Crippen MR) is 63.0 cm³/mol. The Morgan fingerprint density at radius 1 is 1.45 bits per heavy atom. The van der Waals surface area contributed by atoms with Crippen LogP contribution in [0.1, 0.15) is 16.2 Å². The fraction of sp³-hybridized carbons (Fsp3) is 0.200. The third-order valence-corrected chi connectivity index (χ3v) is 4.00. The first-order chi connectivity index (χ1) is 9.29. The molecule has 0 bridgehead atoms. The van der Waals surface area contributed by atoms with Gasteiger partial charge in [0.15, 0.2) is 15.7 Å². The van der Waals surface area contributed by atoms with Gasteiger partial charge in [-0.15, -0.1) is 10.2 Å². The molecule has 2 rings (SSSR count). The number of carbonyl (C=O) groups is 1. The smallest absolute Gasteiger partial charge is 0.335 e. The van der Waals surface area contributed by atoms with E-state index in [1.165, 1.54) is 7.05 Å². The number of halogens is 1. The molecule has 0 aliphatic heterocycles. The van der Waals surface area contributed by atoms with Crippen molar-refractivity contribution in [3.63, 3.8) is 0 Å². The maximum atomic E-state index is 13.6. The normalized spacial score (nSPS) is 11.5. The van der Waals surface area contributed by atoms with E-state index < -0.39 is 32.3 Å². The number of benzene rings is 1. The molecule has 1 N–H and O–H groups in total. The van der Waals surface area contributed by atoms with Crippen molar-refractivity contribution >= 4 is 15.8 Å². The summed E-state index contributed by atoms with van der Waals surface area (Å²) in [5, 5.41) is 19.5. The fourth-order valence-corrected chi connectivity index (χ4v) is 2.79. The lowest BCUT2D eigenvalue weighted by Gasteiger charge is -2.04. The number of carboxylic acids is 1. The zero-order valence-corrected chi connectivity index (χ0v) is 11.0. The van der Waals surface area contributed by atoms with E-state index in [4.69, 9.17) is 5.11 Å². The minimum atomic E-state index is -4.10. The number of tetrazole rings is 1. The van der Waals surface area contributed by atoms with Gasteiger partial charge in [-0.25, -0.2) is 17.6 Å². The summed E-state index contributed by atoms with van der Waals surface area (Å²) in [5.41, 5.74) is -0.322. The minimum Gasteiger partial charge on any atom is -0.478 e. The molecule has 0 unspecified atom stereocenters. The van der Waals surface area contributed by atoms with Crippen molar-refractivity contribution < 1.29 is 22.7 Å². The number of aromatic carboxylic acids is 1. The van der Waals surface area contributed by atoms with Crippen LogP contribution in [0.3, 0.4) is 0 Å². The Kier molecular flexibility index (Phi) is 3.49. The average Bonchev–Trinajstić information content (AvgIpc) is 2.73. The van der Waals surface area contributed by atoms with Crippen molar-refractivity contribution in [3.05, 3.63) is 35.4 Å². The Labute approximate surface area is 112 Å². The Morgan fingerprint density at radius 2 is 2.15 bits per heavy atom. The van der Waals surface area contributed by atoms with Gasteiger partial charge in [0.1, 0.15) is 16.5 Å². The third-order valence-electron chi connectivity index (χ3n) is 2.38. The molecule has 0 spiro atoms. The molecule has 0 aliphatic rings. The van der Waals surface area contributed by atoms with Crippen LogP contribution < -0.4 is 0 Å². The summed E-state index contributed by atoms with van der Waals surface area (Å²) in [4.78, 5) is 11.2. The summed E-state index contributed by atoms with van der Waals surface area (Å²) in [7, 11) is -2.65. The number of hydrogen-bond acceptors (Lipinski definition) is 6. The number of sulfone groups is 1. The molecule has 1 aromatic heterocycles. The Bertz CT molecular complexity index is 771. The Morgan fingerprint density at radius 3 is 2.70 bits per heavy atom. The lowest BCUT2D eigenvalue weighted by Crippen LogP contribution is -2.10. The molecule has 0 fully saturated rings. The number of hydrogen-bond donors (Lipinski definition) is 1. The lowest BCUT2D eigenvalue weighted by molar-refractivity contribution is 0.0696. The SMILES string of the molecule is Cn1nnc(CS(=O)(=O)c2cc(C(=O)O)ccc2F)n1. The monoisotopic (exact) mass is 300 g/mol. The summed E-state index contributed by atoms with van der Waals surface area (Å²) in [6.45, 7) is 0. The van der Waals surface area contributed by atoms with E-state index in [1.54, 1.807) is 0 Å². The molecule has 2 aromatic rings. The average molecular weight is 300 g/mol. The Hall–Kier alpha value is -2.36. The minimum absolute atomic E-state index is 0.104. The number of nitrogens with zero attached hydrogens (tertiary/aromatic N) is 4. The highest BCUT2D eigenvalue weighted by atomic mass is 32.2. The summed E-state index contributed by atoms with van der Waals surface area (Å²) in [5.74, 6) is -3.15. The van der Waals surface area contributed by atoms with Crippen molar-refractivity contribution in [2.75, 3.05) is 0 Å². The fourth-order valence-electron chi connectivity index (χ4n) is 1.50. The number of carboxylic acid groups (broad SMARTS) is 1. The number of aromatic nitrogens is 4. The van der Waals surface area contributed by atoms with Crippen LogP contribution in [0.4, 0.5) is 4.39 Å². The van der Waals surface area contributed by atoms with E-state index in [0.29, 0.717) is 0 Å². The summed E-state index contributed by atoms with van der Waals surface area (Å²) < 4.78 is 37.7. The first kappa shape index (κ1) is 14.1. The van der Waals surface area contributed by atoms with Gasteiger partial charge in [0.2, 0.25) is 0 Å². The zero-order chi connectivity index (χ0) is 14.9. The maximum Gasteiger partial charge on any atom is 0.335 e. The van der Waals surface area contributed by atoms with E-state index in [2.05, 4.69) is 15.4 Å². The second-order valence-electron chi connectivity index (χ2n) is 3.90. The highest BCUT2D eigenvalue weighted by molar-refractivity contribution is 7.90. The van der Waals surface area contributed by atoms with Gasteiger partial charge in [-0.3, -0.25) is 0 Å². The van der Waals surface area contributed by atoms with Gasteiger partial charge in [-0.05, 0) is 23.4 Å². The van der Waals surface area contributed by atoms with Gasteiger partial charge in [-0.1, -0.05) is 0 Å². The first-order valence-corrected chi connectivity index (χ1v) is 6.93. The van der Waals surface area contributed by atoms with Crippen LogP contribution in [0.5, 0.6) is 0 Å². The first-order valence-electron chi connectivity index (χ1n) is 5.28. The number of aryl methyl sites for hydroxylation is 1. The van der Waals surface area contributed by atoms with Crippen LogP contribution >= 0.6 is 0 Å². The molecule has 0 saturated carbocycles. The highest BCUT2D eigenvalue weighted by Crippen LogP contribution is 2.20. The van der Waals surface area contributed by atoms with Gasteiger partial charge >= 0.3 is 5.97 Å². The van der Waals surface area contributed by atoms with Gasteiger partial charge in [0.05, 0.1) is 12.6 Å². The molecule has 0 saturated heterocycles. The second kappa shape index (κ2) is 4.96. The predicted octanol–water partition coefficient (Wildman–Crippen LogP) is 0.0213. The summed E-state index contributed by atoms with van der Waals surface area (Å²) >= 11 is 0. The van der Waals surface area contributed by atoms with E-state index in [-0.39, 0.29) is 11.4 Å². The molecule has 20 heavy (non-hydrogen) atoms. The van der Waals surface area contributed by atoms with Crippen LogP contribution in [0.2, 0.25) is 0 Å². The molecule has 8 nitrogen and oxygen atoms in total. The zero-order valence-electron chi connectivity index (χ0n) is 10.2. The third kappa shape index (κ3) is 2.79. The highest BCUT2D eigenvalue weighted by Gasteiger charge is 2.23. The van der Waals surface area contributed by atoms with Gasteiger partial charge < -0.3 is 5.11 Å². The molecular weight excluding hydrogens is 291 g/mol. The molecule has 0 aliphatic carbocycles. The topological polar surface area (TPSA) is 115 Å². The van der Waals surface area contributed by atoms with E-state index in [1.807, 2.05) is 0 Å². The van der Waals surface area contributed by atoms with Crippen LogP contribution in [0, 0.1) is 5.82 Å². The molecule has 0 radical (unpaired) electrons. The van der Waals surface area contributed by atoms with Gasteiger partial charge in [0, 0.05) is 0 Å². The Balaban J connectivity index is 2.43. The van der Waals surface area contributed by atoms with Crippen molar-refractivity contribution in [2.24, 2.45) is 7.05 Å². The van der Waals surface area contributed by atoms with Crippen LogP contribution in [-0.4, -0.2) is 39.7 Å². The molecule has 0 amide bonds. The van der Waals surface area contributed by atoms with Crippen molar-refractivity contribution in [1.29, 1.82) is 0 Å². The summed E-state index contributed by atoms with van der Waals surface area (Å²) in [6, 6.07) is 2.54. The van der Waals surface area contributed by atoms with Crippen LogP contribution in [0.15, 0.2) is 23.1 Å². The van der Waals surface area contributed by atoms with E-state index in [9.17, 15) is 17.6 Å². The maximum absolute atomic E-state index is 13.6. The van der Waals surface area contributed by atoms with Crippen molar-refractivity contribution in [3.8, 4) is 0 Å².